The standard InChI is InChI=1S/C19H27N5O2.HI/c1-4-20-19(21-10-14-5-6-18(26-3)17(25)9-14)24-8-7-15(13-24)16-11-22-23(2)12-16;/h5-6,9,11-12,15,25H,4,7-8,10,13H2,1-3H3,(H,20,21);1H. The SMILES string of the molecule is CCNC(=NCc1ccc(OC)c(O)c1)N1CCC(c2cnn(C)c2)C1.I. The Labute approximate surface area is 177 Å². The van der Waals surface area contributed by atoms with Crippen molar-refractivity contribution >= 4 is 29.9 Å². The van der Waals surface area contributed by atoms with Gasteiger partial charge in [-0.05, 0) is 36.6 Å². The van der Waals surface area contributed by atoms with Crippen LogP contribution in [0.4, 0.5) is 0 Å². The third-order valence-corrected chi connectivity index (χ3v) is 4.67. The summed E-state index contributed by atoms with van der Waals surface area (Å²) in [5.41, 5.74) is 2.23. The van der Waals surface area contributed by atoms with Gasteiger partial charge in [-0.25, -0.2) is 4.99 Å². The summed E-state index contributed by atoms with van der Waals surface area (Å²) in [6.45, 7) is 5.31. The minimum atomic E-state index is 0. The van der Waals surface area contributed by atoms with Gasteiger partial charge in [0.1, 0.15) is 0 Å². The minimum Gasteiger partial charge on any atom is -0.504 e. The maximum absolute atomic E-state index is 9.93. The van der Waals surface area contributed by atoms with Crippen molar-refractivity contribution in [3.8, 4) is 11.5 Å². The molecule has 7 nitrogen and oxygen atoms in total. The van der Waals surface area contributed by atoms with Crippen LogP contribution in [0.2, 0.25) is 0 Å². The van der Waals surface area contributed by atoms with Gasteiger partial charge >= 0.3 is 0 Å². The fourth-order valence-corrected chi connectivity index (χ4v) is 3.30. The molecule has 1 saturated heterocycles. The zero-order valence-corrected chi connectivity index (χ0v) is 18.4. The summed E-state index contributed by atoms with van der Waals surface area (Å²) in [7, 11) is 3.49. The second kappa shape index (κ2) is 9.82. The Morgan fingerprint density at radius 1 is 1.44 bits per heavy atom. The van der Waals surface area contributed by atoms with Crippen LogP contribution in [0.1, 0.15) is 30.4 Å². The molecule has 1 fully saturated rings. The number of aryl methyl sites for hydroxylation is 1. The second-order valence-electron chi connectivity index (χ2n) is 6.56. The Balaban J connectivity index is 0.00000261. The summed E-state index contributed by atoms with van der Waals surface area (Å²) in [4.78, 5) is 7.05. The Bertz CT molecular complexity index is 777. The number of aromatic hydroxyl groups is 1. The fraction of sp³-hybridized carbons (Fsp3) is 0.474. The Hall–Kier alpha value is -1.97. The number of hydrogen-bond donors (Lipinski definition) is 2. The van der Waals surface area contributed by atoms with Crippen molar-refractivity contribution in [1.29, 1.82) is 0 Å². The second-order valence-corrected chi connectivity index (χ2v) is 6.56. The van der Waals surface area contributed by atoms with Crippen molar-refractivity contribution in [3.05, 3.63) is 41.7 Å². The first-order chi connectivity index (χ1) is 12.6. The summed E-state index contributed by atoms with van der Waals surface area (Å²) in [6.07, 6.45) is 5.15. The molecule has 1 unspecified atom stereocenters. The number of aromatic nitrogens is 2. The van der Waals surface area contributed by atoms with Gasteiger partial charge in [0, 0.05) is 38.8 Å². The quantitative estimate of drug-likeness (QED) is 0.387. The number of phenolic OH excluding ortho intramolecular Hbond substituents is 1. The van der Waals surface area contributed by atoms with E-state index in [1.54, 1.807) is 19.2 Å². The van der Waals surface area contributed by atoms with E-state index in [2.05, 4.69) is 28.4 Å². The number of benzene rings is 1. The molecule has 1 aliphatic heterocycles. The van der Waals surface area contributed by atoms with Crippen LogP contribution in [0.15, 0.2) is 35.6 Å². The van der Waals surface area contributed by atoms with E-state index in [0.29, 0.717) is 18.2 Å². The summed E-state index contributed by atoms with van der Waals surface area (Å²) >= 11 is 0. The Kier molecular flexibility index (Phi) is 7.76. The number of guanidine groups is 1. The van der Waals surface area contributed by atoms with Crippen LogP contribution < -0.4 is 10.1 Å². The zero-order chi connectivity index (χ0) is 18.5. The lowest BCUT2D eigenvalue weighted by Gasteiger charge is -2.21. The number of aliphatic imine (C=N–C) groups is 1. The number of likely N-dealkylation sites (tertiary alicyclic amines) is 1. The molecule has 27 heavy (non-hydrogen) atoms. The smallest absolute Gasteiger partial charge is 0.194 e. The monoisotopic (exact) mass is 485 g/mol. The van der Waals surface area contributed by atoms with E-state index in [9.17, 15) is 5.11 Å². The van der Waals surface area contributed by atoms with Crippen LogP contribution in [0.25, 0.3) is 0 Å². The lowest BCUT2D eigenvalue weighted by atomic mass is 10.0. The van der Waals surface area contributed by atoms with E-state index >= 15 is 0 Å². The Morgan fingerprint density at radius 2 is 2.26 bits per heavy atom. The van der Waals surface area contributed by atoms with Crippen molar-refractivity contribution in [2.75, 3.05) is 26.7 Å². The number of halogens is 1. The van der Waals surface area contributed by atoms with E-state index in [-0.39, 0.29) is 29.7 Å². The number of hydrogen-bond acceptors (Lipinski definition) is 4. The summed E-state index contributed by atoms with van der Waals surface area (Å²) < 4.78 is 6.94. The molecule has 2 aromatic rings. The molecule has 0 amide bonds. The van der Waals surface area contributed by atoms with Crippen molar-refractivity contribution in [3.63, 3.8) is 0 Å². The molecule has 0 bridgehead atoms. The lowest BCUT2D eigenvalue weighted by Crippen LogP contribution is -2.40. The van der Waals surface area contributed by atoms with Crippen LogP contribution in [0, 0.1) is 0 Å². The highest BCUT2D eigenvalue weighted by Crippen LogP contribution is 2.28. The Morgan fingerprint density at radius 3 is 2.89 bits per heavy atom. The predicted molar refractivity (Wildman–Crippen MR) is 117 cm³/mol. The zero-order valence-electron chi connectivity index (χ0n) is 16.1. The normalized spacial score (nSPS) is 16.9. The van der Waals surface area contributed by atoms with Gasteiger partial charge in [-0.1, -0.05) is 6.07 Å². The summed E-state index contributed by atoms with van der Waals surface area (Å²) in [5, 5.41) is 17.6. The van der Waals surface area contributed by atoms with E-state index in [1.165, 1.54) is 5.56 Å². The first-order valence-electron chi connectivity index (χ1n) is 8.98. The van der Waals surface area contributed by atoms with Crippen LogP contribution >= 0.6 is 24.0 Å². The van der Waals surface area contributed by atoms with Crippen LogP contribution in [0.3, 0.4) is 0 Å². The van der Waals surface area contributed by atoms with Crippen LogP contribution in [0.5, 0.6) is 11.5 Å². The number of phenols is 1. The van der Waals surface area contributed by atoms with E-state index < -0.39 is 0 Å². The average Bonchev–Trinajstić information content (AvgIpc) is 3.27. The molecule has 8 heteroatoms. The van der Waals surface area contributed by atoms with Gasteiger partial charge in [-0.15, -0.1) is 24.0 Å². The number of rotatable bonds is 5. The van der Waals surface area contributed by atoms with Crippen LogP contribution in [-0.4, -0.2) is 52.5 Å². The van der Waals surface area contributed by atoms with Crippen molar-refractivity contribution in [1.82, 2.24) is 20.0 Å². The highest BCUT2D eigenvalue weighted by atomic mass is 127. The lowest BCUT2D eigenvalue weighted by molar-refractivity contribution is 0.373. The van der Waals surface area contributed by atoms with Gasteiger partial charge in [-0.3, -0.25) is 4.68 Å². The van der Waals surface area contributed by atoms with E-state index in [0.717, 1.165) is 37.6 Å². The molecule has 2 heterocycles. The summed E-state index contributed by atoms with van der Waals surface area (Å²) in [6, 6.07) is 5.39. The molecular formula is C19H28IN5O2. The van der Waals surface area contributed by atoms with Crippen LogP contribution in [-0.2, 0) is 13.6 Å². The largest absolute Gasteiger partial charge is 0.504 e. The molecule has 2 N–H and O–H groups in total. The first kappa shape index (κ1) is 21.3. The highest BCUT2D eigenvalue weighted by molar-refractivity contribution is 14.0. The first-order valence-corrected chi connectivity index (χ1v) is 8.98. The van der Waals surface area contributed by atoms with Crippen molar-refractivity contribution in [2.24, 2.45) is 12.0 Å². The topological polar surface area (TPSA) is 74.9 Å². The number of nitrogens with zero attached hydrogens (tertiary/aromatic N) is 4. The highest BCUT2D eigenvalue weighted by Gasteiger charge is 2.26. The molecule has 1 aromatic heterocycles. The fourth-order valence-electron chi connectivity index (χ4n) is 3.30. The molecule has 0 aliphatic carbocycles. The molecule has 148 valence electrons. The van der Waals surface area contributed by atoms with Gasteiger partial charge in [0.25, 0.3) is 0 Å². The van der Waals surface area contributed by atoms with E-state index in [4.69, 9.17) is 9.73 Å². The number of nitrogens with one attached hydrogen (secondary N) is 1. The minimum absolute atomic E-state index is 0. The maximum atomic E-state index is 9.93. The number of methoxy groups -OCH3 is 1. The predicted octanol–water partition coefficient (Wildman–Crippen LogP) is 2.71. The van der Waals surface area contributed by atoms with Gasteiger partial charge in [0.2, 0.25) is 0 Å². The van der Waals surface area contributed by atoms with Gasteiger partial charge in [-0.2, -0.15) is 5.10 Å². The van der Waals surface area contributed by atoms with Crippen molar-refractivity contribution < 1.29 is 9.84 Å². The molecule has 1 aromatic carbocycles. The molecule has 1 atom stereocenters. The summed E-state index contributed by atoms with van der Waals surface area (Å²) in [5.74, 6) is 2.01. The molecule has 1 aliphatic rings. The molecule has 0 radical (unpaired) electrons. The van der Waals surface area contributed by atoms with Gasteiger partial charge in [0.05, 0.1) is 19.9 Å². The van der Waals surface area contributed by atoms with Crippen molar-refractivity contribution in [2.45, 2.75) is 25.8 Å². The third-order valence-electron chi connectivity index (χ3n) is 4.67. The van der Waals surface area contributed by atoms with E-state index in [1.807, 2.05) is 24.0 Å². The van der Waals surface area contributed by atoms with Gasteiger partial charge in [0.15, 0.2) is 17.5 Å². The molecular weight excluding hydrogens is 457 g/mol. The average molecular weight is 485 g/mol. The third kappa shape index (κ3) is 5.27. The molecule has 0 spiro atoms. The number of ether oxygens (including phenoxy) is 1. The maximum Gasteiger partial charge on any atom is 0.194 e. The molecule has 3 rings (SSSR count). The molecule has 0 saturated carbocycles. The van der Waals surface area contributed by atoms with Gasteiger partial charge < -0.3 is 20.1 Å².